The molecule has 2 nitrogen and oxygen atoms in total. The molecular weight excluding hydrogens is 114 g/mol. The first-order chi connectivity index (χ1) is 4.27. The van der Waals surface area contributed by atoms with E-state index in [-0.39, 0.29) is 6.10 Å². The zero-order valence-corrected chi connectivity index (χ0v) is 5.67. The van der Waals surface area contributed by atoms with Crippen LogP contribution in [0.2, 0.25) is 0 Å². The average Bonchev–Trinajstić information content (AvgIpc) is 2.59. The van der Waals surface area contributed by atoms with Crippen LogP contribution in [0.15, 0.2) is 0 Å². The van der Waals surface area contributed by atoms with Crippen LogP contribution in [-0.4, -0.2) is 23.3 Å². The van der Waals surface area contributed by atoms with Gasteiger partial charge in [-0.2, -0.15) is 0 Å². The molecule has 2 fully saturated rings. The van der Waals surface area contributed by atoms with E-state index < -0.39 is 0 Å². The van der Waals surface area contributed by atoms with Crippen LogP contribution in [-0.2, 0) is 0 Å². The Morgan fingerprint density at radius 1 is 1.33 bits per heavy atom. The summed E-state index contributed by atoms with van der Waals surface area (Å²) in [6.07, 6.45) is 2.25. The van der Waals surface area contributed by atoms with E-state index in [1.807, 2.05) is 0 Å². The maximum Gasteiger partial charge on any atom is 0.0710 e. The van der Waals surface area contributed by atoms with Gasteiger partial charge in [-0.15, -0.1) is 0 Å². The van der Waals surface area contributed by atoms with E-state index in [9.17, 15) is 0 Å². The maximum atomic E-state index is 8.93. The van der Waals surface area contributed by atoms with Crippen molar-refractivity contribution in [3.8, 4) is 0 Å². The minimum atomic E-state index is -0.0298. The Bertz CT molecular complexity index is 112. The van der Waals surface area contributed by atoms with Gasteiger partial charge in [0, 0.05) is 12.1 Å². The van der Waals surface area contributed by atoms with Crippen LogP contribution >= 0.6 is 0 Å². The third-order valence-corrected chi connectivity index (χ3v) is 2.29. The molecule has 9 heavy (non-hydrogen) atoms. The molecule has 0 aromatic heterocycles. The topological polar surface area (TPSA) is 32.3 Å². The first kappa shape index (κ1) is 5.69. The molecule has 0 aromatic carbocycles. The molecule has 2 saturated carbocycles. The van der Waals surface area contributed by atoms with E-state index in [4.69, 9.17) is 5.11 Å². The normalized spacial score (nSPS) is 55.3. The zero-order valence-electron chi connectivity index (χ0n) is 5.67. The quantitative estimate of drug-likeness (QED) is 0.552. The monoisotopic (exact) mass is 127 g/mol. The van der Waals surface area contributed by atoms with Crippen LogP contribution in [0.4, 0.5) is 0 Å². The number of aliphatic hydroxyl groups excluding tert-OH is 1. The van der Waals surface area contributed by atoms with Crippen molar-refractivity contribution in [1.82, 2.24) is 5.32 Å². The second-order valence-electron chi connectivity index (χ2n) is 3.40. The van der Waals surface area contributed by atoms with Crippen LogP contribution in [0.1, 0.15) is 19.8 Å². The molecule has 2 N–H and O–H groups in total. The van der Waals surface area contributed by atoms with Crippen molar-refractivity contribution in [2.75, 3.05) is 0 Å². The van der Waals surface area contributed by atoms with Gasteiger partial charge in [0.15, 0.2) is 0 Å². The minimum Gasteiger partial charge on any atom is -0.391 e. The van der Waals surface area contributed by atoms with Gasteiger partial charge in [-0.25, -0.2) is 0 Å². The minimum absolute atomic E-state index is 0.0298. The Labute approximate surface area is 55.3 Å². The molecule has 0 bridgehead atoms. The van der Waals surface area contributed by atoms with E-state index in [0.717, 1.165) is 18.4 Å². The van der Waals surface area contributed by atoms with Crippen molar-refractivity contribution in [1.29, 1.82) is 0 Å². The lowest BCUT2D eigenvalue weighted by Crippen LogP contribution is -2.22. The molecule has 2 aliphatic carbocycles. The summed E-state index contributed by atoms with van der Waals surface area (Å²) in [7, 11) is 0. The molecule has 2 aliphatic rings. The first-order valence-electron chi connectivity index (χ1n) is 3.71. The molecule has 0 aromatic rings. The fourth-order valence-corrected chi connectivity index (χ4v) is 1.19. The Hall–Kier alpha value is -0.0800. The van der Waals surface area contributed by atoms with Crippen molar-refractivity contribution in [3.05, 3.63) is 0 Å². The highest BCUT2D eigenvalue weighted by molar-refractivity contribution is 5.00. The van der Waals surface area contributed by atoms with Gasteiger partial charge in [0.1, 0.15) is 0 Å². The summed E-state index contributed by atoms with van der Waals surface area (Å²) in [5.74, 6) is 0.859. The van der Waals surface area contributed by atoms with E-state index in [0.29, 0.717) is 6.04 Å². The molecule has 52 valence electrons. The lowest BCUT2D eigenvalue weighted by Gasteiger charge is -1.96. The maximum absolute atomic E-state index is 8.93. The van der Waals surface area contributed by atoms with E-state index in [1.165, 1.54) is 6.42 Å². The summed E-state index contributed by atoms with van der Waals surface area (Å²) in [5, 5.41) is 12.3. The molecule has 0 aliphatic heterocycles. The smallest absolute Gasteiger partial charge is 0.0710 e. The van der Waals surface area contributed by atoms with Crippen LogP contribution in [0.3, 0.4) is 0 Å². The van der Waals surface area contributed by atoms with Gasteiger partial charge in [-0.1, -0.05) is 6.92 Å². The molecule has 0 saturated heterocycles. The summed E-state index contributed by atoms with van der Waals surface area (Å²) >= 11 is 0. The zero-order chi connectivity index (χ0) is 6.43. The highest BCUT2D eigenvalue weighted by atomic mass is 16.3. The largest absolute Gasteiger partial charge is 0.391 e. The third-order valence-electron chi connectivity index (χ3n) is 2.29. The first-order valence-corrected chi connectivity index (χ1v) is 3.71. The highest BCUT2D eigenvalue weighted by Crippen LogP contribution is 2.33. The summed E-state index contributed by atoms with van der Waals surface area (Å²) in [6.45, 7) is 2.24. The number of nitrogens with one attached hydrogen (secondary N) is 1. The van der Waals surface area contributed by atoms with Gasteiger partial charge in [-0.3, -0.25) is 0 Å². The molecule has 0 spiro atoms. The Morgan fingerprint density at radius 3 is 2.22 bits per heavy atom. The molecule has 3 unspecified atom stereocenters. The van der Waals surface area contributed by atoms with E-state index in [1.54, 1.807) is 0 Å². The lowest BCUT2D eigenvalue weighted by molar-refractivity contribution is 0.263. The number of hydrogen-bond acceptors (Lipinski definition) is 2. The molecular formula is C7H13NO. The fourth-order valence-electron chi connectivity index (χ4n) is 1.19. The van der Waals surface area contributed by atoms with Crippen molar-refractivity contribution >= 4 is 0 Å². The van der Waals surface area contributed by atoms with Gasteiger partial charge in [0.25, 0.3) is 0 Å². The van der Waals surface area contributed by atoms with Gasteiger partial charge >= 0.3 is 0 Å². The summed E-state index contributed by atoms with van der Waals surface area (Å²) in [6, 6.07) is 1.17. The Balaban J connectivity index is 1.69. The highest BCUT2D eigenvalue weighted by Gasteiger charge is 2.42. The molecule has 4 atom stereocenters. The summed E-state index contributed by atoms with van der Waals surface area (Å²) in [4.78, 5) is 0. The van der Waals surface area contributed by atoms with Crippen LogP contribution < -0.4 is 5.32 Å². The fraction of sp³-hybridized carbons (Fsp3) is 1.00. The summed E-state index contributed by atoms with van der Waals surface area (Å²) < 4.78 is 0. The van der Waals surface area contributed by atoms with Gasteiger partial charge in [-0.05, 0) is 18.8 Å². The SMILES string of the molecule is C[C@H]1CC1NC1CC1O. The predicted molar refractivity (Wildman–Crippen MR) is 35.1 cm³/mol. The van der Waals surface area contributed by atoms with Crippen LogP contribution in [0.5, 0.6) is 0 Å². The van der Waals surface area contributed by atoms with E-state index in [2.05, 4.69) is 12.2 Å². The molecule has 2 heteroatoms. The van der Waals surface area contributed by atoms with Crippen molar-refractivity contribution < 1.29 is 5.11 Å². The number of hydrogen-bond donors (Lipinski definition) is 2. The standard InChI is InChI=1S/C7H13NO/c1-4-2-5(4)8-6-3-7(6)9/h4-9H,2-3H2,1H3/t4-,5?,6?,7?/m0/s1. The van der Waals surface area contributed by atoms with Crippen LogP contribution in [0, 0.1) is 5.92 Å². The summed E-state index contributed by atoms with van der Waals surface area (Å²) in [5.41, 5.74) is 0. The number of aliphatic hydroxyl groups is 1. The second kappa shape index (κ2) is 1.70. The lowest BCUT2D eigenvalue weighted by atomic mass is 10.5. The molecule has 0 amide bonds. The number of rotatable bonds is 2. The molecule has 0 heterocycles. The third kappa shape index (κ3) is 1.10. The Kier molecular flexibility index (Phi) is 1.08. The second-order valence-corrected chi connectivity index (χ2v) is 3.40. The van der Waals surface area contributed by atoms with Gasteiger partial charge in [0.2, 0.25) is 0 Å². The molecule has 2 rings (SSSR count). The average molecular weight is 127 g/mol. The Morgan fingerprint density at radius 2 is 1.89 bits per heavy atom. The van der Waals surface area contributed by atoms with Crippen molar-refractivity contribution in [3.63, 3.8) is 0 Å². The van der Waals surface area contributed by atoms with Crippen molar-refractivity contribution in [2.45, 2.75) is 38.0 Å². The van der Waals surface area contributed by atoms with Gasteiger partial charge < -0.3 is 10.4 Å². The van der Waals surface area contributed by atoms with Gasteiger partial charge in [0.05, 0.1) is 6.10 Å². The van der Waals surface area contributed by atoms with E-state index >= 15 is 0 Å². The molecule has 0 radical (unpaired) electrons. The predicted octanol–water partition coefficient (Wildman–Crippen LogP) is 0.118. The van der Waals surface area contributed by atoms with Crippen LogP contribution in [0.25, 0.3) is 0 Å². The van der Waals surface area contributed by atoms with Crippen molar-refractivity contribution in [2.24, 2.45) is 5.92 Å².